The molecule has 2 fully saturated rings. The molecule has 2 N–H and O–H groups in total. The van der Waals surface area contributed by atoms with Crippen LogP contribution in [0.25, 0.3) is 22.2 Å². The van der Waals surface area contributed by atoms with E-state index in [1.54, 1.807) is 6.08 Å². The molecular formula is C31H31N7O2. The van der Waals surface area contributed by atoms with Crippen molar-refractivity contribution in [2.24, 2.45) is 0 Å². The van der Waals surface area contributed by atoms with Gasteiger partial charge in [0.1, 0.15) is 41.1 Å². The van der Waals surface area contributed by atoms with Gasteiger partial charge in [-0.2, -0.15) is 5.26 Å². The minimum Gasteiger partial charge on any atom is -0.457 e. The van der Waals surface area contributed by atoms with E-state index >= 15 is 0 Å². The molecule has 0 bridgehead atoms. The number of likely N-dealkylation sites (N-methyl/N-ethyl adjacent to an activating group) is 1. The predicted octanol–water partition coefficient (Wildman–Crippen LogP) is 4.77. The number of nitrogens with zero attached hydrogens (tertiary/aromatic N) is 6. The molecule has 2 aromatic heterocycles. The van der Waals surface area contributed by atoms with Gasteiger partial charge in [0, 0.05) is 37.3 Å². The molecule has 202 valence electrons. The fraction of sp³-hybridized carbons (Fsp3) is 0.290. The Labute approximate surface area is 233 Å². The highest BCUT2D eigenvalue weighted by molar-refractivity contribution is 6.03. The van der Waals surface area contributed by atoms with Crippen LogP contribution in [0.1, 0.15) is 31.0 Å². The van der Waals surface area contributed by atoms with Crippen LogP contribution in [-0.2, 0) is 4.79 Å². The maximum Gasteiger partial charge on any atom is 0.246 e. The zero-order valence-electron chi connectivity index (χ0n) is 22.4. The van der Waals surface area contributed by atoms with Gasteiger partial charge >= 0.3 is 0 Å². The highest BCUT2D eigenvalue weighted by Crippen LogP contribution is 2.40. The number of amides is 1. The highest BCUT2D eigenvalue weighted by Gasteiger charge is 2.32. The number of ether oxygens (including phenoxy) is 1. The monoisotopic (exact) mass is 533 g/mol. The summed E-state index contributed by atoms with van der Waals surface area (Å²) in [6.45, 7) is 1.87. The number of nitrogens with two attached hydrogens (primary N) is 1. The second kappa shape index (κ2) is 10.8. The second-order valence-electron chi connectivity index (χ2n) is 10.4. The maximum atomic E-state index is 12.9. The zero-order valence-corrected chi connectivity index (χ0v) is 22.4. The van der Waals surface area contributed by atoms with Crippen LogP contribution < -0.4 is 10.5 Å². The van der Waals surface area contributed by atoms with Crippen LogP contribution in [0.15, 0.2) is 73.1 Å². The van der Waals surface area contributed by atoms with Crippen LogP contribution in [0, 0.1) is 11.3 Å². The van der Waals surface area contributed by atoms with E-state index < -0.39 is 0 Å². The summed E-state index contributed by atoms with van der Waals surface area (Å²) in [6.07, 6.45) is 8.22. The lowest BCUT2D eigenvalue weighted by Gasteiger charge is -2.17. The average molecular weight is 534 g/mol. The van der Waals surface area contributed by atoms with Crippen molar-refractivity contribution in [3.63, 3.8) is 0 Å². The number of nitriles is 1. The minimum absolute atomic E-state index is 0.00923. The van der Waals surface area contributed by atoms with Gasteiger partial charge in [0.15, 0.2) is 0 Å². The smallest absolute Gasteiger partial charge is 0.246 e. The van der Waals surface area contributed by atoms with Crippen LogP contribution in [0.4, 0.5) is 5.82 Å². The molecule has 0 radical (unpaired) electrons. The number of para-hydroxylation sites is 1. The van der Waals surface area contributed by atoms with Crippen molar-refractivity contribution in [3.8, 4) is 28.7 Å². The summed E-state index contributed by atoms with van der Waals surface area (Å²) in [6, 6.07) is 20.1. The van der Waals surface area contributed by atoms with Crippen molar-refractivity contribution in [1.29, 1.82) is 5.26 Å². The molecule has 1 aliphatic heterocycles. The van der Waals surface area contributed by atoms with Crippen molar-refractivity contribution in [1.82, 2.24) is 24.3 Å². The number of benzene rings is 2. The fourth-order valence-corrected chi connectivity index (χ4v) is 5.46. The van der Waals surface area contributed by atoms with Gasteiger partial charge in [0.2, 0.25) is 5.91 Å². The third-order valence-corrected chi connectivity index (χ3v) is 7.70. The fourth-order valence-electron chi connectivity index (χ4n) is 5.46. The first-order chi connectivity index (χ1) is 19.5. The lowest BCUT2D eigenvalue weighted by Crippen LogP contribution is -2.28. The first-order valence-corrected chi connectivity index (χ1v) is 13.6. The van der Waals surface area contributed by atoms with Gasteiger partial charge < -0.3 is 19.9 Å². The Morgan fingerprint density at radius 1 is 1.12 bits per heavy atom. The summed E-state index contributed by atoms with van der Waals surface area (Å²) in [5.41, 5.74) is 8.93. The number of hydrogen-bond acceptors (Lipinski definition) is 7. The third-order valence-electron chi connectivity index (χ3n) is 7.70. The number of anilines is 1. The molecule has 6 rings (SSSR count). The molecule has 40 heavy (non-hydrogen) atoms. The van der Waals surface area contributed by atoms with E-state index in [0.29, 0.717) is 59.4 Å². The van der Waals surface area contributed by atoms with Gasteiger partial charge in [0.25, 0.3) is 0 Å². The van der Waals surface area contributed by atoms with E-state index in [0.717, 1.165) is 17.9 Å². The van der Waals surface area contributed by atoms with Crippen LogP contribution in [-0.4, -0.2) is 63.0 Å². The van der Waals surface area contributed by atoms with Crippen molar-refractivity contribution in [2.45, 2.75) is 31.3 Å². The molecular weight excluding hydrogens is 502 g/mol. The lowest BCUT2D eigenvalue weighted by molar-refractivity contribution is -0.125. The van der Waals surface area contributed by atoms with Gasteiger partial charge in [-0.05, 0) is 56.1 Å². The Bertz CT molecular complexity index is 1600. The lowest BCUT2D eigenvalue weighted by atomic mass is 10.0. The topological polar surface area (TPSA) is 113 Å². The highest BCUT2D eigenvalue weighted by atomic mass is 16.5. The molecule has 1 amide bonds. The molecule has 0 spiro atoms. The quantitative estimate of drug-likeness (QED) is 0.325. The Kier molecular flexibility index (Phi) is 6.93. The number of fused-ring (bicyclic) bond motifs is 1. The summed E-state index contributed by atoms with van der Waals surface area (Å²) in [7, 11) is 2.09. The average Bonchev–Trinajstić information content (AvgIpc) is 3.61. The molecule has 1 aliphatic carbocycles. The Hall–Kier alpha value is -4.68. The molecule has 1 unspecified atom stereocenters. The van der Waals surface area contributed by atoms with Crippen LogP contribution >= 0.6 is 0 Å². The van der Waals surface area contributed by atoms with Crippen LogP contribution in [0.5, 0.6) is 11.5 Å². The molecule has 9 heteroatoms. The maximum absolute atomic E-state index is 12.9. The molecule has 2 aromatic carbocycles. The molecule has 1 saturated carbocycles. The first-order valence-electron chi connectivity index (χ1n) is 13.6. The first kappa shape index (κ1) is 25.6. The van der Waals surface area contributed by atoms with Gasteiger partial charge in [-0.3, -0.25) is 9.69 Å². The summed E-state index contributed by atoms with van der Waals surface area (Å²) in [5.74, 6) is 1.73. The number of carbonyl (C=O) groups is 1. The van der Waals surface area contributed by atoms with E-state index in [-0.39, 0.29) is 11.9 Å². The van der Waals surface area contributed by atoms with E-state index in [2.05, 4.69) is 28.0 Å². The normalized spacial score (nSPS) is 17.1. The number of likely N-dealkylation sites (tertiary alicyclic amines) is 1. The molecule has 4 aromatic rings. The SMILES string of the molecule is CN(C/C=C/C(=O)N1CCC(n2c(C#N)c(-c3ccc(Oc4ccccc4)cc3)c3c(N)ncnc32)C1)C1CC1. The number of aromatic nitrogens is 3. The minimum atomic E-state index is -0.104. The summed E-state index contributed by atoms with van der Waals surface area (Å²) in [4.78, 5) is 25.8. The van der Waals surface area contributed by atoms with E-state index in [9.17, 15) is 10.1 Å². The van der Waals surface area contributed by atoms with Gasteiger partial charge in [0.05, 0.1) is 11.4 Å². The number of nitrogen functional groups attached to an aromatic ring is 1. The predicted molar refractivity (Wildman–Crippen MR) is 154 cm³/mol. The van der Waals surface area contributed by atoms with Crippen molar-refractivity contribution >= 4 is 22.8 Å². The van der Waals surface area contributed by atoms with Gasteiger partial charge in [-0.1, -0.05) is 36.4 Å². The Morgan fingerprint density at radius 3 is 2.60 bits per heavy atom. The molecule has 9 nitrogen and oxygen atoms in total. The second-order valence-corrected chi connectivity index (χ2v) is 10.4. The van der Waals surface area contributed by atoms with E-state index in [4.69, 9.17) is 10.5 Å². The van der Waals surface area contributed by atoms with Crippen LogP contribution in [0.2, 0.25) is 0 Å². The zero-order chi connectivity index (χ0) is 27.6. The Morgan fingerprint density at radius 2 is 1.88 bits per heavy atom. The molecule has 2 aliphatic rings. The van der Waals surface area contributed by atoms with E-state index in [1.807, 2.05) is 70.1 Å². The van der Waals surface area contributed by atoms with Crippen molar-refractivity contribution in [2.75, 3.05) is 32.4 Å². The third kappa shape index (κ3) is 5.01. The molecule has 3 heterocycles. The largest absolute Gasteiger partial charge is 0.457 e. The molecule has 1 atom stereocenters. The number of carbonyl (C=O) groups excluding carboxylic acids is 1. The van der Waals surface area contributed by atoms with Crippen molar-refractivity contribution in [3.05, 3.63) is 78.8 Å². The van der Waals surface area contributed by atoms with Gasteiger partial charge in [-0.25, -0.2) is 9.97 Å². The summed E-state index contributed by atoms with van der Waals surface area (Å²) in [5, 5.41) is 11.0. The van der Waals surface area contributed by atoms with Gasteiger partial charge in [-0.15, -0.1) is 0 Å². The van der Waals surface area contributed by atoms with Crippen LogP contribution in [0.3, 0.4) is 0 Å². The molecule has 1 saturated heterocycles. The number of rotatable bonds is 8. The summed E-state index contributed by atoms with van der Waals surface area (Å²) >= 11 is 0. The Balaban J connectivity index is 1.28. The van der Waals surface area contributed by atoms with Crippen molar-refractivity contribution < 1.29 is 9.53 Å². The number of hydrogen-bond donors (Lipinski definition) is 1. The van der Waals surface area contributed by atoms with E-state index in [1.165, 1.54) is 19.2 Å². The summed E-state index contributed by atoms with van der Waals surface area (Å²) < 4.78 is 7.89. The standard InChI is InChI=1S/C31H31N7O2/c1-36(22-11-12-22)16-5-8-27(39)37-17-15-23(19-37)38-26(18-32)28(29-30(33)34-20-35-31(29)38)21-9-13-25(14-10-21)40-24-6-3-2-4-7-24/h2-10,13-14,20,22-23H,11-12,15-17,19H2,1H3,(H2,33,34,35)/b8-5+.